The number of aromatic nitrogens is 3. The van der Waals surface area contributed by atoms with Gasteiger partial charge in [0, 0.05) is 11.8 Å². The van der Waals surface area contributed by atoms with E-state index < -0.39 is 24.1 Å². The Balaban J connectivity index is 1.99. The Bertz CT molecular complexity index is 1270. The first-order chi connectivity index (χ1) is 18.2. The van der Waals surface area contributed by atoms with Crippen molar-refractivity contribution in [3.8, 4) is 28.6 Å². The summed E-state index contributed by atoms with van der Waals surface area (Å²) in [7, 11) is 2.94. The van der Waals surface area contributed by atoms with Gasteiger partial charge in [-0.3, -0.25) is 4.79 Å². The largest absolute Gasteiger partial charge is 0.490 e. The molecule has 0 saturated carbocycles. The van der Waals surface area contributed by atoms with Crippen LogP contribution in [0.4, 0.5) is 0 Å². The van der Waals surface area contributed by atoms with E-state index in [-0.39, 0.29) is 27.5 Å². The first kappa shape index (κ1) is 28.5. The zero-order valence-electron chi connectivity index (χ0n) is 21.8. The third-order valence-corrected chi connectivity index (χ3v) is 5.78. The smallest absolute Gasteiger partial charge is 0.344 e. The van der Waals surface area contributed by atoms with Crippen LogP contribution in [0.2, 0.25) is 0 Å². The molecule has 0 atom stereocenters. The maximum absolute atomic E-state index is 13.3. The second-order valence-electron chi connectivity index (χ2n) is 8.73. The van der Waals surface area contributed by atoms with Crippen LogP contribution in [0.3, 0.4) is 0 Å². The van der Waals surface area contributed by atoms with E-state index in [0.29, 0.717) is 23.5 Å². The average molecular weight is 540 g/mol. The van der Waals surface area contributed by atoms with E-state index in [2.05, 4.69) is 21.5 Å². The van der Waals surface area contributed by atoms with Crippen molar-refractivity contribution in [1.82, 2.24) is 15.0 Å². The van der Waals surface area contributed by atoms with Gasteiger partial charge in [-0.25, -0.2) is 9.78 Å². The molecule has 0 fully saturated rings. The van der Waals surface area contributed by atoms with Gasteiger partial charge in [0.15, 0.2) is 0 Å². The molecular weight excluding hydrogens is 510 g/mol. The molecule has 11 heteroatoms. The molecule has 3 aromatic rings. The molecule has 0 aliphatic rings. The fraction of sp³-hybridized carbons (Fsp3) is 0.296. The SMILES string of the molecule is C=CCOc1ccc(-c2ccnc(Sc3nc(OC)cc(OC)n3)c2C(=O)OCOC(=O)C(C)(C)C)cc1. The number of ether oxygens (including phenoxy) is 5. The molecule has 0 saturated heterocycles. The van der Waals surface area contributed by atoms with Crippen LogP contribution >= 0.6 is 11.8 Å². The first-order valence-electron chi connectivity index (χ1n) is 11.5. The molecule has 0 bridgehead atoms. The Kier molecular flexibility index (Phi) is 9.66. The average Bonchev–Trinajstić information content (AvgIpc) is 2.91. The van der Waals surface area contributed by atoms with Crippen LogP contribution in [0.25, 0.3) is 11.1 Å². The molecule has 10 nitrogen and oxygen atoms in total. The standard InChI is InChI=1S/C27H29N3O7S/c1-7-14-35-18-10-8-17(9-11-18)19-12-13-28-23(38-26-29-20(33-5)15-21(30-26)34-6)22(19)24(31)36-16-37-25(32)27(2,3)4/h7-13,15H,1,14,16H2,2-6H3. The summed E-state index contributed by atoms with van der Waals surface area (Å²) in [5.41, 5.74) is 0.655. The molecule has 1 aromatic carbocycles. The van der Waals surface area contributed by atoms with Crippen molar-refractivity contribution in [3.05, 3.63) is 60.8 Å². The van der Waals surface area contributed by atoms with Gasteiger partial charge < -0.3 is 23.7 Å². The summed E-state index contributed by atoms with van der Waals surface area (Å²) in [6.45, 7) is 8.57. The lowest BCUT2D eigenvalue weighted by atomic mass is 9.98. The summed E-state index contributed by atoms with van der Waals surface area (Å²) >= 11 is 1.03. The molecule has 38 heavy (non-hydrogen) atoms. The minimum absolute atomic E-state index is 0.148. The molecule has 0 spiro atoms. The molecule has 0 N–H and O–H groups in total. The monoisotopic (exact) mass is 539 g/mol. The highest BCUT2D eigenvalue weighted by Gasteiger charge is 2.26. The maximum atomic E-state index is 13.3. The lowest BCUT2D eigenvalue weighted by Gasteiger charge is -2.17. The van der Waals surface area contributed by atoms with Crippen LogP contribution in [-0.2, 0) is 14.3 Å². The summed E-state index contributed by atoms with van der Waals surface area (Å²) < 4.78 is 26.5. The summed E-state index contributed by atoms with van der Waals surface area (Å²) in [4.78, 5) is 38.5. The molecule has 200 valence electrons. The van der Waals surface area contributed by atoms with Crippen LogP contribution in [0.1, 0.15) is 31.1 Å². The van der Waals surface area contributed by atoms with Crippen LogP contribution < -0.4 is 14.2 Å². The molecule has 0 unspecified atom stereocenters. The van der Waals surface area contributed by atoms with E-state index in [1.807, 2.05) is 12.1 Å². The van der Waals surface area contributed by atoms with E-state index in [1.54, 1.807) is 51.2 Å². The van der Waals surface area contributed by atoms with Crippen LogP contribution in [0.15, 0.2) is 65.4 Å². The second kappa shape index (κ2) is 12.9. The first-order valence-corrected chi connectivity index (χ1v) is 12.3. The molecule has 2 heterocycles. The van der Waals surface area contributed by atoms with E-state index >= 15 is 0 Å². The summed E-state index contributed by atoms with van der Waals surface area (Å²) in [6, 6.07) is 10.4. The summed E-state index contributed by atoms with van der Waals surface area (Å²) in [5, 5.41) is 0.518. The minimum Gasteiger partial charge on any atom is -0.490 e. The van der Waals surface area contributed by atoms with Gasteiger partial charge in [-0.1, -0.05) is 24.8 Å². The third-order valence-electron chi connectivity index (χ3n) is 4.91. The highest BCUT2D eigenvalue weighted by molar-refractivity contribution is 7.99. The molecule has 0 aliphatic carbocycles. The molecular formula is C27H29N3O7S. The van der Waals surface area contributed by atoms with Gasteiger partial charge >= 0.3 is 11.9 Å². The van der Waals surface area contributed by atoms with Crippen molar-refractivity contribution in [3.63, 3.8) is 0 Å². The molecule has 0 radical (unpaired) electrons. The second-order valence-corrected chi connectivity index (χ2v) is 9.69. The number of nitrogens with zero attached hydrogens (tertiary/aromatic N) is 3. The highest BCUT2D eigenvalue weighted by atomic mass is 32.2. The number of hydrogen-bond donors (Lipinski definition) is 0. The van der Waals surface area contributed by atoms with E-state index in [4.69, 9.17) is 23.7 Å². The van der Waals surface area contributed by atoms with Gasteiger partial charge in [0.05, 0.1) is 25.7 Å². The summed E-state index contributed by atoms with van der Waals surface area (Å²) in [5.74, 6) is -0.0301. The fourth-order valence-electron chi connectivity index (χ4n) is 2.99. The number of rotatable bonds is 11. The quantitative estimate of drug-likeness (QED) is 0.142. The van der Waals surface area contributed by atoms with E-state index in [0.717, 1.165) is 11.8 Å². The number of carbonyl (C=O) groups is 2. The fourth-order valence-corrected chi connectivity index (χ4v) is 3.85. The van der Waals surface area contributed by atoms with Crippen LogP contribution in [-0.4, -0.2) is 54.5 Å². The number of pyridine rings is 1. The Hall–Kier alpha value is -4.12. The van der Waals surface area contributed by atoms with Crippen molar-refractivity contribution in [2.24, 2.45) is 5.41 Å². The third kappa shape index (κ3) is 7.45. The predicted molar refractivity (Wildman–Crippen MR) is 140 cm³/mol. The molecule has 0 aliphatic heterocycles. The Morgan fingerprint density at radius 2 is 1.66 bits per heavy atom. The van der Waals surface area contributed by atoms with Gasteiger partial charge in [-0.05, 0) is 56.3 Å². The van der Waals surface area contributed by atoms with E-state index in [1.165, 1.54) is 20.3 Å². The number of methoxy groups -OCH3 is 2. The van der Waals surface area contributed by atoms with Gasteiger partial charge in [-0.2, -0.15) is 9.97 Å². The maximum Gasteiger partial charge on any atom is 0.344 e. The Morgan fingerprint density at radius 3 is 2.24 bits per heavy atom. The minimum atomic E-state index is -0.745. The van der Waals surface area contributed by atoms with Gasteiger partial charge in [0.25, 0.3) is 0 Å². The highest BCUT2D eigenvalue weighted by Crippen LogP contribution is 2.35. The Labute approximate surface area is 225 Å². The van der Waals surface area contributed by atoms with Crippen molar-refractivity contribution in [2.75, 3.05) is 27.6 Å². The van der Waals surface area contributed by atoms with Crippen LogP contribution in [0, 0.1) is 5.41 Å². The zero-order valence-corrected chi connectivity index (χ0v) is 22.7. The van der Waals surface area contributed by atoms with Crippen molar-refractivity contribution >= 4 is 23.7 Å². The molecule has 3 rings (SSSR count). The van der Waals surface area contributed by atoms with Crippen LogP contribution in [0.5, 0.6) is 17.5 Å². The topological polar surface area (TPSA) is 119 Å². The predicted octanol–water partition coefficient (Wildman–Crippen LogP) is 4.98. The van der Waals surface area contributed by atoms with Crippen molar-refractivity contribution in [2.45, 2.75) is 31.0 Å². The number of hydrogen-bond acceptors (Lipinski definition) is 11. The van der Waals surface area contributed by atoms with E-state index in [9.17, 15) is 9.59 Å². The van der Waals surface area contributed by atoms with Crippen molar-refractivity contribution < 1.29 is 33.3 Å². The van der Waals surface area contributed by atoms with Gasteiger partial charge in [0.1, 0.15) is 22.9 Å². The normalized spacial score (nSPS) is 10.9. The lowest BCUT2D eigenvalue weighted by Crippen LogP contribution is -2.25. The zero-order chi connectivity index (χ0) is 27.7. The molecule has 2 aromatic heterocycles. The van der Waals surface area contributed by atoms with Gasteiger partial charge in [-0.15, -0.1) is 0 Å². The summed E-state index contributed by atoms with van der Waals surface area (Å²) in [6.07, 6.45) is 3.21. The van der Waals surface area contributed by atoms with Gasteiger partial charge in [0.2, 0.25) is 23.7 Å². The number of esters is 2. The number of carbonyl (C=O) groups excluding carboxylic acids is 2. The Morgan fingerprint density at radius 1 is 1.00 bits per heavy atom. The lowest BCUT2D eigenvalue weighted by molar-refractivity contribution is -0.161. The molecule has 0 amide bonds. The number of benzene rings is 1. The van der Waals surface area contributed by atoms with Crippen molar-refractivity contribution in [1.29, 1.82) is 0 Å².